The highest BCUT2D eigenvalue weighted by molar-refractivity contribution is 7.89. The van der Waals surface area contributed by atoms with E-state index >= 15 is 0 Å². The third-order valence-corrected chi connectivity index (χ3v) is 5.10. The Morgan fingerprint density at radius 2 is 2.00 bits per heavy atom. The molecule has 2 heterocycles. The van der Waals surface area contributed by atoms with Crippen molar-refractivity contribution in [1.82, 2.24) is 4.72 Å². The van der Waals surface area contributed by atoms with Gasteiger partial charge in [0.05, 0.1) is 16.2 Å². The lowest BCUT2D eigenvalue weighted by molar-refractivity contribution is 0.154. The smallest absolute Gasteiger partial charge is 0.240 e. The summed E-state index contributed by atoms with van der Waals surface area (Å²) < 4.78 is 50.3. The number of furan rings is 2. The molecule has 6 nitrogen and oxygen atoms in total. The minimum atomic E-state index is -3.96. The largest absolute Gasteiger partial charge is 0.461 e. The second-order valence-electron chi connectivity index (χ2n) is 5.12. The van der Waals surface area contributed by atoms with E-state index in [1.54, 1.807) is 18.2 Å². The van der Waals surface area contributed by atoms with Crippen molar-refractivity contribution in [3.8, 4) is 11.5 Å². The van der Waals surface area contributed by atoms with Gasteiger partial charge in [-0.2, -0.15) is 0 Å². The molecule has 9 heteroatoms. The van der Waals surface area contributed by atoms with Crippen molar-refractivity contribution in [2.45, 2.75) is 11.0 Å². The summed E-state index contributed by atoms with van der Waals surface area (Å²) in [5, 5.41) is 9.80. The van der Waals surface area contributed by atoms with Crippen LogP contribution in [0, 0.1) is 5.82 Å². The molecular weight excluding hydrogens is 373 g/mol. The first-order valence-corrected chi connectivity index (χ1v) is 8.99. The van der Waals surface area contributed by atoms with Gasteiger partial charge in [0.2, 0.25) is 10.0 Å². The van der Waals surface area contributed by atoms with Gasteiger partial charge in [-0.05, 0) is 42.5 Å². The average molecular weight is 386 g/mol. The first-order valence-electron chi connectivity index (χ1n) is 7.13. The molecule has 1 unspecified atom stereocenters. The van der Waals surface area contributed by atoms with Gasteiger partial charge in [-0.3, -0.25) is 0 Å². The molecule has 2 N–H and O–H groups in total. The SMILES string of the molecule is O=S(=O)(NCC(O)c1ccc(-c2ccco2)o1)c1ccc(F)c(Cl)c1. The maximum atomic E-state index is 13.1. The summed E-state index contributed by atoms with van der Waals surface area (Å²) in [6.45, 7) is -0.331. The van der Waals surface area contributed by atoms with Gasteiger partial charge in [-0.1, -0.05) is 11.6 Å². The first-order chi connectivity index (χ1) is 11.9. The Morgan fingerprint density at radius 1 is 1.20 bits per heavy atom. The van der Waals surface area contributed by atoms with Gasteiger partial charge in [0.1, 0.15) is 17.7 Å². The zero-order valence-corrected chi connectivity index (χ0v) is 14.2. The van der Waals surface area contributed by atoms with Gasteiger partial charge in [0.15, 0.2) is 11.5 Å². The van der Waals surface area contributed by atoms with E-state index in [-0.39, 0.29) is 22.2 Å². The fourth-order valence-corrected chi connectivity index (χ4v) is 3.41. The Hall–Kier alpha value is -2.13. The number of nitrogens with one attached hydrogen (secondary N) is 1. The van der Waals surface area contributed by atoms with E-state index in [0.29, 0.717) is 11.5 Å². The first kappa shape index (κ1) is 17.7. The number of rotatable bonds is 6. The number of hydrogen-bond acceptors (Lipinski definition) is 5. The lowest BCUT2D eigenvalue weighted by Crippen LogP contribution is -2.28. The van der Waals surface area contributed by atoms with E-state index in [1.807, 2.05) is 0 Å². The summed E-state index contributed by atoms with van der Waals surface area (Å²) in [5.74, 6) is 0.347. The van der Waals surface area contributed by atoms with E-state index in [4.69, 9.17) is 20.4 Å². The van der Waals surface area contributed by atoms with Crippen molar-refractivity contribution in [2.24, 2.45) is 0 Å². The fourth-order valence-electron chi connectivity index (χ4n) is 2.10. The van der Waals surface area contributed by atoms with E-state index in [1.165, 1.54) is 12.3 Å². The number of halogens is 2. The molecule has 3 rings (SSSR count). The van der Waals surface area contributed by atoms with Crippen LogP contribution in [0.4, 0.5) is 4.39 Å². The zero-order valence-electron chi connectivity index (χ0n) is 12.6. The molecule has 0 bridgehead atoms. The fraction of sp³-hybridized carbons (Fsp3) is 0.125. The Balaban J connectivity index is 1.69. The van der Waals surface area contributed by atoms with Crippen LogP contribution >= 0.6 is 11.6 Å². The molecule has 0 saturated carbocycles. The van der Waals surface area contributed by atoms with Gasteiger partial charge in [-0.25, -0.2) is 17.5 Å². The Bertz CT molecular complexity index is 968. The minimum absolute atomic E-state index is 0.172. The third-order valence-electron chi connectivity index (χ3n) is 3.39. The molecule has 1 aromatic carbocycles. The number of aliphatic hydroxyl groups is 1. The summed E-state index contributed by atoms with van der Waals surface area (Å²) in [6.07, 6.45) is 0.269. The van der Waals surface area contributed by atoms with Crippen LogP contribution in [0.25, 0.3) is 11.5 Å². The molecule has 2 aromatic heterocycles. The van der Waals surface area contributed by atoms with Gasteiger partial charge in [0.25, 0.3) is 0 Å². The standard InChI is InChI=1S/C16H13ClFNO5S/c17-11-8-10(3-4-12(11)18)25(21,22)19-9-13(20)14-5-6-16(24-14)15-2-1-7-23-15/h1-8,13,19-20H,9H2. The third kappa shape index (κ3) is 3.93. The summed E-state index contributed by atoms with van der Waals surface area (Å²) in [7, 11) is -3.96. The Kier molecular flexibility index (Phi) is 4.96. The molecule has 0 amide bonds. The predicted octanol–water partition coefficient (Wildman–Crippen LogP) is 3.34. The lowest BCUT2D eigenvalue weighted by Gasteiger charge is -2.10. The molecule has 3 aromatic rings. The van der Waals surface area contributed by atoms with Crippen molar-refractivity contribution >= 4 is 21.6 Å². The minimum Gasteiger partial charge on any atom is -0.461 e. The Labute approximate surface area is 147 Å². The summed E-state index contributed by atoms with van der Waals surface area (Å²) in [6, 6.07) is 9.53. The molecular formula is C16H13ClFNO5S. The van der Waals surface area contributed by atoms with E-state index in [0.717, 1.165) is 18.2 Å². The molecule has 0 aliphatic heterocycles. The summed E-state index contributed by atoms with van der Waals surface area (Å²) >= 11 is 5.59. The van der Waals surface area contributed by atoms with Crippen molar-refractivity contribution in [2.75, 3.05) is 6.54 Å². The highest BCUT2D eigenvalue weighted by Gasteiger charge is 2.20. The maximum Gasteiger partial charge on any atom is 0.240 e. The van der Waals surface area contributed by atoms with Crippen LogP contribution in [0.5, 0.6) is 0 Å². The van der Waals surface area contributed by atoms with Crippen molar-refractivity contribution in [3.63, 3.8) is 0 Å². The van der Waals surface area contributed by atoms with Gasteiger partial charge < -0.3 is 13.9 Å². The molecule has 0 spiro atoms. The Morgan fingerprint density at radius 3 is 2.68 bits per heavy atom. The molecule has 0 saturated heterocycles. The van der Waals surface area contributed by atoms with Crippen LogP contribution in [0.1, 0.15) is 11.9 Å². The van der Waals surface area contributed by atoms with Crippen LogP contribution in [0.15, 0.2) is 62.5 Å². The lowest BCUT2D eigenvalue weighted by atomic mass is 10.3. The van der Waals surface area contributed by atoms with Crippen LogP contribution < -0.4 is 4.72 Å². The quantitative estimate of drug-likeness (QED) is 0.678. The van der Waals surface area contributed by atoms with Gasteiger partial charge in [-0.15, -0.1) is 0 Å². The van der Waals surface area contributed by atoms with Gasteiger partial charge in [0, 0.05) is 6.54 Å². The van der Waals surface area contributed by atoms with E-state index < -0.39 is 21.9 Å². The predicted molar refractivity (Wildman–Crippen MR) is 88.0 cm³/mol. The van der Waals surface area contributed by atoms with Gasteiger partial charge >= 0.3 is 0 Å². The molecule has 1 atom stereocenters. The van der Waals surface area contributed by atoms with Crippen LogP contribution in [0.2, 0.25) is 5.02 Å². The number of sulfonamides is 1. The molecule has 25 heavy (non-hydrogen) atoms. The molecule has 0 radical (unpaired) electrons. The van der Waals surface area contributed by atoms with Crippen LogP contribution in [-0.2, 0) is 10.0 Å². The summed E-state index contributed by atoms with van der Waals surface area (Å²) in [5.41, 5.74) is 0. The van der Waals surface area contributed by atoms with Crippen molar-refractivity contribution < 1.29 is 26.7 Å². The maximum absolute atomic E-state index is 13.1. The number of aliphatic hydroxyl groups excluding tert-OH is 1. The van der Waals surface area contributed by atoms with E-state index in [2.05, 4.69) is 4.72 Å². The molecule has 132 valence electrons. The number of hydrogen-bond donors (Lipinski definition) is 2. The summed E-state index contributed by atoms with van der Waals surface area (Å²) in [4.78, 5) is -0.207. The molecule has 0 fully saturated rings. The van der Waals surface area contributed by atoms with Crippen molar-refractivity contribution in [1.29, 1.82) is 0 Å². The highest BCUT2D eigenvalue weighted by Crippen LogP contribution is 2.26. The number of benzene rings is 1. The average Bonchev–Trinajstić information content (AvgIpc) is 3.26. The monoisotopic (exact) mass is 385 g/mol. The van der Waals surface area contributed by atoms with Crippen LogP contribution in [0.3, 0.4) is 0 Å². The molecule has 0 aliphatic rings. The second-order valence-corrected chi connectivity index (χ2v) is 7.30. The molecule has 0 aliphatic carbocycles. The second kappa shape index (κ2) is 7.01. The van der Waals surface area contributed by atoms with Crippen LogP contribution in [-0.4, -0.2) is 20.1 Å². The topological polar surface area (TPSA) is 92.7 Å². The highest BCUT2D eigenvalue weighted by atomic mass is 35.5. The zero-order chi connectivity index (χ0) is 18.0. The normalized spacial score (nSPS) is 13.1. The van der Waals surface area contributed by atoms with E-state index in [9.17, 15) is 17.9 Å². The van der Waals surface area contributed by atoms with Crippen molar-refractivity contribution in [3.05, 3.63) is 65.3 Å².